The number of hydrogen-bond acceptors (Lipinski definition) is 3. The third kappa shape index (κ3) is 5.30. The molecule has 0 unspecified atom stereocenters. The molecule has 2 aliphatic rings. The van der Waals surface area contributed by atoms with E-state index in [0.29, 0.717) is 29.7 Å². The van der Waals surface area contributed by atoms with Crippen molar-refractivity contribution in [1.29, 1.82) is 0 Å². The van der Waals surface area contributed by atoms with E-state index in [2.05, 4.69) is 40.2 Å². The molecule has 0 atom stereocenters. The molecule has 8 nitrogen and oxygen atoms in total. The van der Waals surface area contributed by atoms with Crippen molar-refractivity contribution in [3.05, 3.63) is 72.3 Å². The van der Waals surface area contributed by atoms with Gasteiger partial charge in [0, 0.05) is 45.4 Å². The molecule has 2 amide bonds. The predicted octanol–water partition coefficient (Wildman–Crippen LogP) is 4.05. The van der Waals surface area contributed by atoms with Crippen molar-refractivity contribution in [2.75, 3.05) is 0 Å². The van der Waals surface area contributed by atoms with Crippen LogP contribution in [0.1, 0.15) is 87.5 Å². The Morgan fingerprint density at radius 1 is 0.800 bits per heavy atom. The summed E-state index contributed by atoms with van der Waals surface area (Å²) in [4.78, 5) is 47.3. The minimum atomic E-state index is -0.860. The van der Waals surface area contributed by atoms with E-state index in [4.69, 9.17) is 0 Å². The predicted molar refractivity (Wildman–Crippen MR) is 158 cm³/mol. The summed E-state index contributed by atoms with van der Waals surface area (Å²) < 4.78 is 0. The molecule has 40 heavy (non-hydrogen) atoms. The normalized spacial score (nSPS) is 17.7. The first-order valence-electron chi connectivity index (χ1n) is 13.9. The van der Waals surface area contributed by atoms with Gasteiger partial charge in [-0.15, -0.1) is 0 Å². The van der Waals surface area contributed by atoms with E-state index < -0.39 is 5.97 Å². The van der Waals surface area contributed by atoms with Gasteiger partial charge < -0.3 is 20.4 Å². The standard InChI is InChI=1S/C32H38N4O4/c1-8-20-16(4)24(14-27-21(9-2)18(6)31(39)35-27)33-26(20)13-25-17(5)23(11-12-30(37)38)29(34-25)15-28-22(10-3)19(7)32(40)36-28/h13-15,33-34H,8-12H2,1-7H3,(H,36,40)(H,37,38)/b24-14+,26-13-,28-15-. The topological polar surface area (TPSA) is 127 Å². The van der Waals surface area contributed by atoms with Gasteiger partial charge in [0.15, 0.2) is 0 Å². The fraction of sp³-hybridized carbons (Fsp3) is 0.375. The number of aliphatic imine (C=N–C) groups is 1. The van der Waals surface area contributed by atoms with Gasteiger partial charge in [0.25, 0.3) is 11.8 Å². The SMILES string of the molecule is CCC1=C(C)C(=O)N=C1/C=c1/[nH]/c(=C\c2[nH]c(/C=C3\NC(=O)C(C)=C3CC)c(CCC(=O)O)c2C)c(CC)c1C. The molecule has 0 saturated carbocycles. The van der Waals surface area contributed by atoms with Crippen molar-refractivity contribution in [1.82, 2.24) is 15.3 Å². The van der Waals surface area contributed by atoms with Crippen LogP contribution in [0.25, 0.3) is 18.2 Å². The third-order valence-electron chi connectivity index (χ3n) is 8.08. The molecule has 2 aliphatic heterocycles. The number of carboxylic acid groups (broad SMARTS) is 1. The molecule has 2 aromatic heterocycles. The van der Waals surface area contributed by atoms with Crippen LogP contribution in [0.5, 0.6) is 0 Å². The molecule has 8 heteroatoms. The van der Waals surface area contributed by atoms with Crippen LogP contribution in [0.2, 0.25) is 0 Å². The van der Waals surface area contributed by atoms with Gasteiger partial charge in [0.2, 0.25) is 0 Å². The average molecular weight is 543 g/mol. The number of allylic oxidation sites excluding steroid dienone is 2. The number of amides is 2. The number of carbonyl (C=O) groups excluding carboxylic acids is 2. The molecule has 0 bridgehead atoms. The number of nitrogens with zero attached hydrogens (tertiary/aromatic N) is 1. The van der Waals surface area contributed by atoms with Gasteiger partial charge in [0.05, 0.1) is 5.71 Å². The summed E-state index contributed by atoms with van der Waals surface area (Å²) in [6, 6.07) is 0. The molecule has 0 fully saturated rings. The summed E-state index contributed by atoms with van der Waals surface area (Å²) in [5.41, 5.74) is 10.6. The minimum Gasteiger partial charge on any atom is -0.481 e. The highest BCUT2D eigenvalue weighted by molar-refractivity contribution is 6.30. The van der Waals surface area contributed by atoms with Gasteiger partial charge in [-0.25, -0.2) is 4.99 Å². The number of hydrogen-bond donors (Lipinski definition) is 4. The average Bonchev–Trinajstić information content (AvgIpc) is 3.55. The highest BCUT2D eigenvalue weighted by Gasteiger charge is 2.24. The van der Waals surface area contributed by atoms with Crippen LogP contribution >= 0.6 is 0 Å². The van der Waals surface area contributed by atoms with Crippen LogP contribution in [0.15, 0.2) is 33.0 Å². The largest absolute Gasteiger partial charge is 0.481 e. The number of aliphatic carboxylic acids is 1. The van der Waals surface area contributed by atoms with E-state index in [-0.39, 0.29) is 18.2 Å². The molecule has 0 radical (unpaired) electrons. The van der Waals surface area contributed by atoms with Gasteiger partial charge in [-0.3, -0.25) is 14.4 Å². The Morgan fingerprint density at radius 2 is 1.50 bits per heavy atom. The summed E-state index contributed by atoms with van der Waals surface area (Å²) >= 11 is 0. The number of rotatable bonds is 9. The quantitative estimate of drug-likeness (QED) is 0.381. The molecule has 4 rings (SSSR count). The van der Waals surface area contributed by atoms with Crippen molar-refractivity contribution < 1.29 is 19.5 Å². The van der Waals surface area contributed by atoms with E-state index in [0.717, 1.165) is 74.0 Å². The zero-order valence-electron chi connectivity index (χ0n) is 24.4. The monoisotopic (exact) mass is 542 g/mol. The van der Waals surface area contributed by atoms with Crippen molar-refractivity contribution in [2.45, 2.75) is 80.6 Å². The first-order valence-corrected chi connectivity index (χ1v) is 13.9. The lowest BCUT2D eigenvalue weighted by Crippen LogP contribution is -2.15. The zero-order chi connectivity index (χ0) is 29.3. The highest BCUT2D eigenvalue weighted by Crippen LogP contribution is 2.28. The number of nitrogens with one attached hydrogen (secondary N) is 3. The van der Waals surface area contributed by atoms with Gasteiger partial charge in [0.1, 0.15) is 0 Å². The number of carbonyl (C=O) groups is 3. The van der Waals surface area contributed by atoms with E-state index in [9.17, 15) is 19.5 Å². The Labute approximate surface area is 234 Å². The molecule has 4 N–H and O–H groups in total. The van der Waals surface area contributed by atoms with E-state index in [1.54, 1.807) is 0 Å². The molecule has 4 heterocycles. The van der Waals surface area contributed by atoms with Crippen LogP contribution in [0, 0.1) is 13.8 Å². The molecule has 2 aromatic rings. The Hall–Kier alpha value is -4.20. The zero-order valence-corrected chi connectivity index (χ0v) is 24.4. The van der Waals surface area contributed by atoms with E-state index in [1.165, 1.54) is 0 Å². The maximum Gasteiger partial charge on any atom is 0.303 e. The van der Waals surface area contributed by atoms with Crippen molar-refractivity contribution in [3.63, 3.8) is 0 Å². The second-order valence-corrected chi connectivity index (χ2v) is 10.4. The second-order valence-electron chi connectivity index (χ2n) is 10.4. The molecular weight excluding hydrogens is 504 g/mol. The molecule has 0 aromatic carbocycles. The van der Waals surface area contributed by atoms with Gasteiger partial charge in [-0.05, 0) is 105 Å². The molecule has 0 aliphatic carbocycles. The summed E-state index contributed by atoms with van der Waals surface area (Å²) in [5.74, 6) is -1.14. The Morgan fingerprint density at radius 3 is 2.12 bits per heavy atom. The van der Waals surface area contributed by atoms with Gasteiger partial charge in [-0.1, -0.05) is 20.8 Å². The van der Waals surface area contributed by atoms with Crippen LogP contribution in [0.3, 0.4) is 0 Å². The lowest BCUT2D eigenvalue weighted by Gasteiger charge is -2.05. The summed E-state index contributed by atoms with van der Waals surface area (Å²) in [7, 11) is 0. The fourth-order valence-corrected chi connectivity index (χ4v) is 5.68. The molecular formula is C32H38N4O4. The number of H-pyrrole nitrogens is 2. The summed E-state index contributed by atoms with van der Waals surface area (Å²) in [6.45, 7) is 13.8. The van der Waals surface area contributed by atoms with Crippen molar-refractivity contribution in [3.8, 4) is 0 Å². The minimum absolute atomic E-state index is 0.00459. The van der Waals surface area contributed by atoms with Gasteiger partial charge >= 0.3 is 5.97 Å². The van der Waals surface area contributed by atoms with E-state index >= 15 is 0 Å². The maximum atomic E-state index is 12.3. The first-order chi connectivity index (χ1) is 19.0. The van der Waals surface area contributed by atoms with Crippen LogP contribution < -0.4 is 16.0 Å². The molecule has 0 saturated heterocycles. The van der Waals surface area contributed by atoms with Crippen molar-refractivity contribution >= 4 is 41.7 Å². The summed E-state index contributed by atoms with van der Waals surface area (Å²) in [6.07, 6.45) is 8.57. The van der Waals surface area contributed by atoms with E-state index in [1.807, 2.05) is 46.8 Å². The lowest BCUT2D eigenvalue weighted by molar-refractivity contribution is -0.137. The molecule has 210 valence electrons. The Bertz CT molecular complexity index is 1670. The first kappa shape index (κ1) is 28.8. The number of aromatic nitrogens is 2. The van der Waals surface area contributed by atoms with Crippen LogP contribution in [0.4, 0.5) is 0 Å². The van der Waals surface area contributed by atoms with Crippen LogP contribution in [-0.4, -0.2) is 38.6 Å². The Balaban J connectivity index is 1.86. The van der Waals surface area contributed by atoms with Crippen LogP contribution in [-0.2, 0) is 27.2 Å². The number of carboxylic acids is 1. The number of aromatic amines is 2. The fourth-order valence-electron chi connectivity index (χ4n) is 5.68. The summed E-state index contributed by atoms with van der Waals surface area (Å²) in [5, 5.41) is 14.2. The second kappa shape index (κ2) is 11.5. The lowest BCUT2D eigenvalue weighted by atomic mass is 10.0. The third-order valence-corrected chi connectivity index (χ3v) is 8.08. The smallest absolute Gasteiger partial charge is 0.303 e. The maximum absolute atomic E-state index is 12.3. The Kier molecular flexibility index (Phi) is 8.28. The molecule has 0 spiro atoms. The highest BCUT2D eigenvalue weighted by atomic mass is 16.4. The van der Waals surface area contributed by atoms with Gasteiger partial charge in [-0.2, -0.15) is 0 Å². The van der Waals surface area contributed by atoms with Crippen molar-refractivity contribution in [2.24, 2.45) is 4.99 Å².